The summed E-state index contributed by atoms with van der Waals surface area (Å²) in [4.78, 5) is 8.97. The Bertz CT molecular complexity index is 856. The summed E-state index contributed by atoms with van der Waals surface area (Å²) in [5, 5.41) is 20.7. The van der Waals surface area contributed by atoms with Crippen molar-refractivity contribution in [1.29, 1.82) is 0 Å². The van der Waals surface area contributed by atoms with Gasteiger partial charge in [-0.05, 0) is 79.3 Å². The van der Waals surface area contributed by atoms with E-state index in [-0.39, 0.29) is 0 Å². The van der Waals surface area contributed by atoms with Gasteiger partial charge in [0.15, 0.2) is 0 Å². The fourth-order valence-electron chi connectivity index (χ4n) is 3.49. The summed E-state index contributed by atoms with van der Waals surface area (Å²) < 4.78 is 0. The topological polar surface area (TPSA) is 65.2 Å². The number of aromatic hydroxyl groups is 2. The highest BCUT2D eigenvalue weighted by molar-refractivity contribution is 5.85. The third-order valence-electron chi connectivity index (χ3n) is 6.10. The van der Waals surface area contributed by atoms with Crippen molar-refractivity contribution in [1.82, 2.24) is 0 Å². The number of benzene rings is 2. The molecule has 0 heterocycles. The maximum absolute atomic E-state index is 10.3. The molecule has 0 aromatic heterocycles. The number of hydrogen-bond acceptors (Lipinski definition) is 4. The summed E-state index contributed by atoms with van der Waals surface area (Å²) in [6, 6.07) is 8.19. The number of nitrogens with zero attached hydrogens (tertiary/aromatic N) is 2. The van der Waals surface area contributed by atoms with E-state index in [1.54, 1.807) is 12.4 Å². The molecular weight excluding hydrogens is 384 g/mol. The first-order valence-electron chi connectivity index (χ1n) is 11.4. The van der Waals surface area contributed by atoms with Gasteiger partial charge < -0.3 is 10.2 Å². The van der Waals surface area contributed by atoms with Crippen molar-refractivity contribution >= 4 is 12.4 Å². The van der Waals surface area contributed by atoms with Gasteiger partial charge in [0.25, 0.3) is 0 Å². The lowest BCUT2D eigenvalue weighted by molar-refractivity contribution is 0.469. The second-order valence-corrected chi connectivity index (χ2v) is 8.59. The molecule has 0 bridgehead atoms. The lowest BCUT2D eigenvalue weighted by Gasteiger charge is -2.13. The first kappa shape index (κ1) is 24.6. The number of aryl methyl sites for hydroxylation is 2. The molecule has 0 saturated carbocycles. The Morgan fingerprint density at radius 1 is 0.742 bits per heavy atom. The van der Waals surface area contributed by atoms with E-state index in [4.69, 9.17) is 0 Å². The van der Waals surface area contributed by atoms with E-state index in [2.05, 4.69) is 49.8 Å². The van der Waals surface area contributed by atoms with Crippen LogP contribution in [0.4, 0.5) is 0 Å². The lowest BCUT2D eigenvalue weighted by Crippen LogP contribution is -1.97. The predicted molar refractivity (Wildman–Crippen MR) is 133 cm³/mol. The molecule has 0 spiro atoms. The second kappa shape index (κ2) is 11.7. The highest BCUT2D eigenvalue weighted by Crippen LogP contribution is 2.29. The monoisotopic (exact) mass is 422 g/mol. The SMILES string of the molecule is CCC(C)c1cc(C)c(O)c(C=NCCCN=Cc2cc(C(C)CC)cc(C)c2O)c1. The smallest absolute Gasteiger partial charge is 0.127 e. The summed E-state index contributed by atoms with van der Waals surface area (Å²) >= 11 is 0. The van der Waals surface area contributed by atoms with E-state index in [0.29, 0.717) is 36.4 Å². The van der Waals surface area contributed by atoms with Gasteiger partial charge in [0, 0.05) is 36.6 Å². The van der Waals surface area contributed by atoms with Crippen LogP contribution in [0.1, 0.15) is 92.2 Å². The van der Waals surface area contributed by atoms with E-state index in [0.717, 1.165) is 41.5 Å². The minimum absolute atomic E-state index is 0.306. The van der Waals surface area contributed by atoms with Crippen LogP contribution in [-0.4, -0.2) is 35.7 Å². The average Bonchev–Trinajstić information content (AvgIpc) is 2.76. The largest absolute Gasteiger partial charge is 0.507 e. The van der Waals surface area contributed by atoms with Gasteiger partial charge in [-0.25, -0.2) is 0 Å². The average molecular weight is 423 g/mol. The highest BCUT2D eigenvalue weighted by atomic mass is 16.3. The Morgan fingerprint density at radius 2 is 1.13 bits per heavy atom. The van der Waals surface area contributed by atoms with Crippen LogP contribution >= 0.6 is 0 Å². The van der Waals surface area contributed by atoms with E-state index in [9.17, 15) is 10.2 Å². The first-order valence-corrected chi connectivity index (χ1v) is 11.4. The van der Waals surface area contributed by atoms with Gasteiger partial charge in [-0.1, -0.05) is 39.8 Å². The molecule has 0 radical (unpaired) electrons. The van der Waals surface area contributed by atoms with Crippen molar-refractivity contribution in [3.05, 3.63) is 57.6 Å². The zero-order valence-corrected chi connectivity index (χ0v) is 19.9. The summed E-state index contributed by atoms with van der Waals surface area (Å²) in [7, 11) is 0. The van der Waals surface area contributed by atoms with Gasteiger partial charge >= 0.3 is 0 Å². The number of phenolic OH excluding ortho intramolecular Hbond substituents is 2. The molecule has 0 aliphatic rings. The standard InChI is InChI=1S/C27H38N2O2/c1-7-18(3)22-12-20(5)26(30)24(14-22)16-28-10-9-11-29-17-25-15-23(19(4)8-2)13-21(6)27(25)31/h12-19,30-31H,7-11H2,1-6H3. The van der Waals surface area contributed by atoms with Crippen LogP contribution in [-0.2, 0) is 0 Å². The number of rotatable bonds is 10. The fourth-order valence-corrected chi connectivity index (χ4v) is 3.49. The van der Waals surface area contributed by atoms with Crippen LogP contribution in [0.15, 0.2) is 34.3 Å². The molecular formula is C27H38N2O2. The molecule has 0 fully saturated rings. The Morgan fingerprint density at radius 3 is 1.48 bits per heavy atom. The fraction of sp³-hybridized carbons (Fsp3) is 0.481. The second-order valence-electron chi connectivity index (χ2n) is 8.59. The molecule has 4 nitrogen and oxygen atoms in total. The van der Waals surface area contributed by atoms with E-state index in [1.807, 2.05) is 26.0 Å². The molecule has 31 heavy (non-hydrogen) atoms. The third-order valence-corrected chi connectivity index (χ3v) is 6.10. The van der Waals surface area contributed by atoms with Crippen LogP contribution in [0.2, 0.25) is 0 Å². The zero-order valence-electron chi connectivity index (χ0n) is 19.9. The van der Waals surface area contributed by atoms with Gasteiger partial charge in [-0.2, -0.15) is 0 Å². The molecule has 2 N–H and O–H groups in total. The van der Waals surface area contributed by atoms with E-state index in [1.165, 1.54) is 11.1 Å². The van der Waals surface area contributed by atoms with Crippen molar-refractivity contribution in [3.63, 3.8) is 0 Å². The van der Waals surface area contributed by atoms with Gasteiger partial charge in [0.2, 0.25) is 0 Å². The molecule has 2 aromatic carbocycles. The van der Waals surface area contributed by atoms with Gasteiger partial charge in [-0.3, -0.25) is 9.98 Å². The minimum Gasteiger partial charge on any atom is -0.507 e. The summed E-state index contributed by atoms with van der Waals surface area (Å²) in [5.74, 6) is 1.53. The zero-order chi connectivity index (χ0) is 23.0. The van der Waals surface area contributed by atoms with Crippen molar-refractivity contribution in [2.24, 2.45) is 9.98 Å². The first-order chi connectivity index (χ1) is 14.8. The third kappa shape index (κ3) is 6.68. The lowest BCUT2D eigenvalue weighted by atomic mass is 9.94. The van der Waals surface area contributed by atoms with Crippen molar-refractivity contribution in [3.8, 4) is 11.5 Å². The molecule has 168 valence electrons. The van der Waals surface area contributed by atoms with Gasteiger partial charge in [-0.15, -0.1) is 0 Å². The quantitative estimate of drug-likeness (QED) is 0.332. The Labute approximate surface area is 187 Å². The van der Waals surface area contributed by atoms with Gasteiger partial charge in [0.05, 0.1) is 0 Å². The number of hydrogen-bond donors (Lipinski definition) is 2. The van der Waals surface area contributed by atoms with Gasteiger partial charge in [0.1, 0.15) is 11.5 Å². The van der Waals surface area contributed by atoms with Crippen molar-refractivity contribution in [2.45, 2.75) is 72.6 Å². The number of aliphatic imine (C=N–C) groups is 2. The van der Waals surface area contributed by atoms with E-state index >= 15 is 0 Å². The normalized spacial score (nSPS) is 13.9. The maximum atomic E-state index is 10.3. The van der Waals surface area contributed by atoms with Crippen LogP contribution in [0.25, 0.3) is 0 Å². The number of phenols is 2. The Balaban J connectivity index is 1.96. The van der Waals surface area contributed by atoms with Crippen LogP contribution in [0, 0.1) is 13.8 Å². The Hall–Kier alpha value is -2.62. The molecule has 2 atom stereocenters. The molecule has 2 aromatic rings. The van der Waals surface area contributed by atoms with Crippen molar-refractivity contribution in [2.75, 3.05) is 13.1 Å². The van der Waals surface area contributed by atoms with Crippen molar-refractivity contribution < 1.29 is 10.2 Å². The van der Waals surface area contributed by atoms with Crippen LogP contribution in [0.5, 0.6) is 11.5 Å². The van der Waals surface area contributed by atoms with E-state index < -0.39 is 0 Å². The summed E-state index contributed by atoms with van der Waals surface area (Å²) in [5.41, 5.74) is 5.80. The minimum atomic E-state index is 0.306. The summed E-state index contributed by atoms with van der Waals surface area (Å²) in [6.07, 6.45) is 6.47. The van der Waals surface area contributed by atoms with Crippen LogP contribution < -0.4 is 0 Å². The predicted octanol–water partition coefficient (Wildman–Crippen LogP) is 6.67. The highest BCUT2D eigenvalue weighted by Gasteiger charge is 2.10. The summed E-state index contributed by atoms with van der Waals surface area (Å²) in [6.45, 7) is 13.9. The Kier molecular flexibility index (Phi) is 9.29. The molecule has 2 unspecified atom stereocenters. The molecule has 2 rings (SSSR count). The molecule has 0 saturated heterocycles. The molecule has 0 aliphatic carbocycles. The van der Waals surface area contributed by atoms with Crippen LogP contribution in [0.3, 0.4) is 0 Å². The maximum Gasteiger partial charge on any atom is 0.127 e. The molecule has 0 amide bonds. The molecule has 4 heteroatoms. The molecule has 0 aliphatic heterocycles.